The predicted octanol–water partition coefficient (Wildman–Crippen LogP) is 1.33. The van der Waals surface area contributed by atoms with Crippen molar-refractivity contribution in [3.05, 3.63) is 0 Å². The lowest BCUT2D eigenvalue weighted by Gasteiger charge is -2.42. The number of likely N-dealkylation sites (N-methyl/N-ethyl adjacent to an activating group) is 1. The molecule has 14 heavy (non-hydrogen) atoms. The molecule has 0 rings (SSSR count). The number of ether oxygens (including phenoxy) is 1. The van der Waals surface area contributed by atoms with E-state index in [0.717, 1.165) is 0 Å². The Kier molecular flexibility index (Phi) is 5.64. The van der Waals surface area contributed by atoms with E-state index in [2.05, 4.69) is 39.6 Å². The minimum atomic E-state index is -0.0571. The number of rotatable bonds is 6. The van der Waals surface area contributed by atoms with Crippen LogP contribution in [-0.4, -0.2) is 43.8 Å². The van der Waals surface area contributed by atoms with Crippen molar-refractivity contribution in [2.75, 3.05) is 27.3 Å². The molecule has 3 heteroatoms. The largest absolute Gasteiger partial charge is 0.383 e. The second-order valence-electron chi connectivity index (χ2n) is 4.73. The van der Waals surface area contributed by atoms with E-state index in [0.29, 0.717) is 25.1 Å². The summed E-state index contributed by atoms with van der Waals surface area (Å²) in [6.45, 7) is 10.1. The molecule has 0 aliphatic rings. The summed E-state index contributed by atoms with van der Waals surface area (Å²) in [4.78, 5) is 2.32. The van der Waals surface area contributed by atoms with E-state index in [4.69, 9.17) is 10.5 Å². The van der Waals surface area contributed by atoms with Crippen LogP contribution < -0.4 is 5.73 Å². The molecule has 0 saturated heterocycles. The monoisotopic (exact) mass is 202 g/mol. The Morgan fingerprint density at radius 1 is 1.36 bits per heavy atom. The van der Waals surface area contributed by atoms with Gasteiger partial charge in [-0.2, -0.15) is 0 Å². The maximum atomic E-state index is 5.81. The van der Waals surface area contributed by atoms with Crippen molar-refractivity contribution >= 4 is 0 Å². The van der Waals surface area contributed by atoms with Gasteiger partial charge in [0, 0.05) is 19.7 Å². The summed E-state index contributed by atoms with van der Waals surface area (Å²) in [5.74, 6) is 0.628. The fraction of sp³-hybridized carbons (Fsp3) is 1.00. The summed E-state index contributed by atoms with van der Waals surface area (Å²) in [6, 6.07) is 0.513. The average molecular weight is 202 g/mol. The third kappa shape index (κ3) is 3.23. The highest BCUT2D eigenvalue weighted by atomic mass is 16.5. The van der Waals surface area contributed by atoms with Crippen molar-refractivity contribution in [1.29, 1.82) is 0 Å². The van der Waals surface area contributed by atoms with E-state index in [1.807, 2.05) is 0 Å². The Balaban J connectivity index is 4.50. The van der Waals surface area contributed by atoms with Crippen LogP contribution in [0, 0.1) is 5.92 Å². The van der Waals surface area contributed by atoms with Gasteiger partial charge in [0.2, 0.25) is 0 Å². The van der Waals surface area contributed by atoms with Crippen LogP contribution in [0.5, 0.6) is 0 Å². The van der Waals surface area contributed by atoms with Crippen LogP contribution in [0.15, 0.2) is 0 Å². The van der Waals surface area contributed by atoms with Gasteiger partial charge in [-0.25, -0.2) is 0 Å². The SMILES string of the molecule is COCC(C)(CN)N(C)C(C)C(C)C. The zero-order valence-corrected chi connectivity index (χ0v) is 10.5. The standard InChI is InChI=1S/C11H26N2O/c1-9(2)10(3)13(5)11(4,7-12)8-14-6/h9-10H,7-8,12H2,1-6H3. The molecule has 0 aromatic carbocycles. The summed E-state index contributed by atoms with van der Waals surface area (Å²) >= 11 is 0. The highest BCUT2D eigenvalue weighted by Gasteiger charge is 2.31. The average Bonchev–Trinajstić information content (AvgIpc) is 2.15. The fourth-order valence-corrected chi connectivity index (χ4v) is 1.55. The molecular weight excluding hydrogens is 176 g/mol. The first-order chi connectivity index (χ1) is 6.39. The lowest BCUT2D eigenvalue weighted by Crippen LogP contribution is -2.57. The lowest BCUT2D eigenvalue weighted by molar-refractivity contribution is 0.0104. The van der Waals surface area contributed by atoms with Gasteiger partial charge in [-0.05, 0) is 26.8 Å². The van der Waals surface area contributed by atoms with Crippen LogP contribution in [0.2, 0.25) is 0 Å². The Morgan fingerprint density at radius 2 is 1.86 bits per heavy atom. The number of hydrogen-bond acceptors (Lipinski definition) is 3. The third-order valence-electron chi connectivity index (χ3n) is 3.32. The topological polar surface area (TPSA) is 38.5 Å². The van der Waals surface area contributed by atoms with E-state index in [9.17, 15) is 0 Å². The maximum Gasteiger partial charge on any atom is 0.0656 e. The quantitative estimate of drug-likeness (QED) is 0.706. The highest BCUT2D eigenvalue weighted by molar-refractivity contribution is 4.88. The zero-order chi connectivity index (χ0) is 11.4. The molecule has 2 N–H and O–H groups in total. The lowest BCUT2D eigenvalue weighted by atomic mass is 9.95. The first kappa shape index (κ1) is 13.9. The van der Waals surface area contributed by atoms with E-state index >= 15 is 0 Å². The Bertz CT molecular complexity index is 161. The Labute approximate surface area is 88.6 Å². The van der Waals surface area contributed by atoms with Crippen LogP contribution >= 0.6 is 0 Å². The Morgan fingerprint density at radius 3 is 2.14 bits per heavy atom. The first-order valence-corrected chi connectivity index (χ1v) is 5.31. The molecule has 0 saturated carbocycles. The molecule has 3 nitrogen and oxygen atoms in total. The number of nitrogens with zero attached hydrogens (tertiary/aromatic N) is 1. The van der Waals surface area contributed by atoms with Gasteiger partial charge in [0.1, 0.15) is 0 Å². The van der Waals surface area contributed by atoms with Crippen LogP contribution in [0.25, 0.3) is 0 Å². The molecule has 0 fully saturated rings. The predicted molar refractivity (Wildman–Crippen MR) is 61.4 cm³/mol. The number of hydrogen-bond donors (Lipinski definition) is 1. The van der Waals surface area contributed by atoms with Gasteiger partial charge < -0.3 is 10.5 Å². The maximum absolute atomic E-state index is 5.81. The Hall–Kier alpha value is -0.120. The minimum Gasteiger partial charge on any atom is -0.383 e. The second kappa shape index (κ2) is 5.69. The number of nitrogens with two attached hydrogens (primary N) is 1. The van der Waals surface area contributed by atoms with Gasteiger partial charge in [-0.1, -0.05) is 13.8 Å². The summed E-state index contributed by atoms with van der Waals surface area (Å²) in [5, 5.41) is 0. The summed E-state index contributed by atoms with van der Waals surface area (Å²) in [7, 11) is 3.85. The molecule has 0 heterocycles. The van der Waals surface area contributed by atoms with Gasteiger partial charge in [0.05, 0.1) is 12.1 Å². The molecule has 0 aromatic heterocycles. The molecule has 0 bridgehead atoms. The fourth-order valence-electron chi connectivity index (χ4n) is 1.55. The van der Waals surface area contributed by atoms with E-state index in [-0.39, 0.29) is 5.54 Å². The van der Waals surface area contributed by atoms with Crippen molar-refractivity contribution in [2.24, 2.45) is 11.7 Å². The molecule has 2 unspecified atom stereocenters. The molecule has 0 aliphatic heterocycles. The van der Waals surface area contributed by atoms with Crippen LogP contribution in [0.3, 0.4) is 0 Å². The summed E-state index contributed by atoms with van der Waals surface area (Å²) in [6.07, 6.45) is 0. The second-order valence-corrected chi connectivity index (χ2v) is 4.73. The van der Waals surface area contributed by atoms with Crippen molar-refractivity contribution in [2.45, 2.75) is 39.3 Å². The molecule has 0 spiro atoms. The normalized spacial score (nSPS) is 18.6. The van der Waals surface area contributed by atoms with Gasteiger partial charge in [0.25, 0.3) is 0 Å². The summed E-state index contributed by atoms with van der Waals surface area (Å²) < 4.78 is 5.23. The van der Waals surface area contributed by atoms with E-state index < -0.39 is 0 Å². The molecule has 86 valence electrons. The molecule has 2 atom stereocenters. The van der Waals surface area contributed by atoms with Crippen LogP contribution in [0.1, 0.15) is 27.7 Å². The molecule has 0 aliphatic carbocycles. The smallest absolute Gasteiger partial charge is 0.0656 e. The van der Waals surface area contributed by atoms with Crippen molar-refractivity contribution in [1.82, 2.24) is 4.90 Å². The molecule has 0 aromatic rings. The molecular formula is C11H26N2O. The first-order valence-electron chi connectivity index (χ1n) is 5.31. The minimum absolute atomic E-state index is 0.0571. The van der Waals surface area contributed by atoms with Crippen LogP contribution in [0.4, 0.5) is 0 Å². The van der Waals surface area contributed by atoms with Gasteiger partial charge >= 0.3 is 0 Å². The highest BCUT2D eigenvalue weighted by Crippen LogP contribution is 2.19. The van der Waals surface area contributed by atoms with E-state index in [1.165, 1.54) is 0 Å². The molecule has 0 amide bonds. The van der Waals surface area contributed by atoms with Crippen LogP contribution in [-0.2, 0) is 4.74 Å². The van der Waals surface area contributed by atoms with Gasteiger partial charge in [0.15, 0.2) is 0 Å². The summed E-state index contributed by atoms with van der Waals surface area (Å²) in [5.41, 5.74) is 5.75. The van der Waals surface area contributed by atoms with Crippen molar-refractivity contribution < 1.29 is 4.74 Å². The number of methoxy groups -OCH3 is 1. The zero-order valence-electron chi connectivity index (χ0n) is 10.5. The van der Waals surface area contributed by atoms with E-state index in [1.54, 1.807) is 7.11 Å². The van der Waals surface area contributed by atoms with Crippen molar-refractivity contribution in [3.63, 3.8) is 0 Å². The van der Waals surface area contributed by atoms with Gasteiger partial charge in [-0.3, -0.25) is 4.90 Å². The van der Waals surface area contributed by atoms with Crippen molar-refractivity contribution in [3.8, 4) is 0 Å². The molecule has 0 radical (unpaired) electrons. The third-order valence-corrected chi connectivity index (χ3v) is 3.32. The van der Waals surface area contributed by atoms with Gasteiger partial charge in [-0.15, -0.1) is 0 Å².